The Kier molecular flexibility index (Phi) is 5.85. The molecule has 1 aromatic carbocycles. The number of aryl methyl sites for hydroxylation is 1. The first kappa shape index (κ1) is 21.5. The van der Waals surface area contributed by atoms with Gasteiger partial charge in [-0.25, -0.2) is 4.39 Å². The first-order chi connectivity index (χ1) is 14.8. The molecule has 164 valence electrons. The number of amides is 2. The first-order valence-electron chi connectivity index (χ1n) is 9.97. The summed E-state index contributed by atoms with van der Waals surface area (Å²) in [4.78, 5) is 28.7. The Balaban J connectivity index is 1.14. The monoisotopic (exact) mass is 447 g/mol. The van der Waals surface area contributed by atoms with E-state index in [2.05, 4.69) is 15.6 Å². The molecule has 1 aromatic heterocycles. The van der Waals surface area contributed by atoms with Crippen LogP contribution in [0.15, 0.2) is 36.4 Å². The highest BCUT2D eigenvalue weighted by atomic mass is 35.5. The van der Waals surface area contributed by atoms with Crippen molar-refractivity contribution >= 4 is 23.4 Å². The van der Waals surface area contributed by atoms with Crippen LogP contribution >= 0.6 is 11.6 Å². The van der Waals surface area contributed by atoms with Crippen LogP contribution in [0.3, 0.4) is 0 Å². The number of benzene rings is 1. The van der Waals surface area contributed by atoms with Crippen LogP contribution in [-0.2, 0) is 20.9 Å². The van der Waals surface area contributed by atoms with E-state index < -0.39 is 5.82 Å². The van der Waals surface area contributed by atoms with E-state index in [4.69, 9.17) is 21.1 Å². The molecule has 0 aliphatic heterocycles. The second-order valence-corrected chi connectivity index (χ2v) is 8.72. The number of hydrogen-bond donors (Lipinski definition) is 2. The first-order valence-corrected chi connectivity index (χ1v) is 10.3. The molecular formula is C22H23ClFN3O4. The highest BCUT2D eigenvalue weighted by Gasteiger charge is 2.69. The summed E-state index contributed by atoms with van der Waals surface area (Å²) >= 11 is 5.62. The van der Waals surface area contributed by atoms with Crippen LogP contribution in [0.5, 0.6) is 5.75 Å². The second-order valence-electron chi connectivity index (χ2n) is 8.32. The Morgan fingerprint density at radius 2 is 1.77 bits per heavy atom. The number of aromatic nitrogens is 1. The number of rotatable bonds is 9. The van der Waals surface area contributed by atoms with Crippen LogP contribution in [0, 0.1) is 12.7 Å². The van der Waals surface area contributed by atoms with Crippen LogP contribution in [0.25, 0.3) is 0 Å². The molecule has 0 saturated heterocycles. The van der Waals surface area contributed by atoms with Gasteiger partial charge < -0.3 is 20.1 Å². The van der Waals surface area contributed by atoms with Crippen LogP contribution in [0.2, 0.25) is 5.02 Å². The number of nitrogens with zero attached hydrogens (tertiary/aromatic N) is 1. The molecule has 1 heterocycles. The van der Waals surface area contributed by atoms with Gasteiger partial charge in [-0.2, -0.15) is 0 Å². The Morgan fingerprint density at radius 3 is 2.42 bits per heavy atom. The van der Waals surface area contributed by atoms with Crippen molar-refractivity contribution in [1.29, 1.82) is 0 Å². The van der Waals surface area contributed by atoms with Gasteiger partial charge in [0.1, 0.15) is 18.2 Å². The molecule has 2 N–H and O–H groups in total. The van der Waals surface area contributed by atoms with Gasteiger partial charge in [0.15, 0.2) is 6.61 Å². The van der Waals surface area contributed by atoms with Gasteiger partial charge >= 0.3 is 0 Å². The molecule has 0 atom stereocenters. The van der Waals surface area contributed by atoms with Crippen molar-refractivity contribution in [2.24, 2.45) is 0 Å². The smallest absolute Gasteiger partial charge is 0.258 e. The SMILES string of the molecule is Cc1cccc(COCC(=O)NC23CC(NC(=O)COc4ccc(Cl)c(F)c4)(C2)C3)n1. The van der Waals surface area contributed by atoms with Crippen LogP contribution in [0.4, 0.5) is 4.39 Å². The Labute approximate surface area is 184 Å². The highest BCUT2D eigenvalue weighted by Crippen LogP contribution is 2.60. The van der Waals surface area contributed by atoms with Gasteiger partial charge in [0.2, 0.25) is 5.91 Å². The van der Waals surface area contributed by atoms with Crippen molar-refractivity contribution in [3.63, 3.8) is 0 Å². The fraction of sp³-hybridized carbons (Fsp3) is 0.409. The molecule has 0 unspecified atom stereocenters. The summed E-state index contributed by atoms with van der Waals surface area (Å²) in [6.45, 7) is 1.92. The lowest BCUT2D eigenvalue weighted by Gasteiger charge is -2.70. The van der Waals surface area contributed by atoms with Crippen LogP contribution < -0.4 is 15.4 Å². The van der Waals surface area contributed by atoms with E-state index in [-0.39, 0.29) is 53.5 Å². The van der Waals surface area contributed by atoms with E-state index in [1.54, 1.807) is 0 Å². The number of halogens is 2. The molecule has 3 fully saturated rings. The van der Waals surface area contributed by atoms with Crippen LogP contribution in [0.1, 0.15) is 30.7 Å². The Hall–Kier alpha value is -2.71. The minimum absolute atomic E-state index is 0.00440. The Morgan fingerprint density at radius 1 is 1.10 bits per heavy atom. The number of nitrogens with one attached hydrogen (secondary N) is 2. The minimum Gasteiger partial charge on any atom is -0.484 e. The molecule has 2 bridgehead atoms. The van der Waals surface area contributed by atoms with E-state index in [9.17, 15) is 14.0 Å². The molecule has 2 aromatic rings. The van der Waals surface area contributed by atoms with Crippen molar-refractivity contribution in [3.05, 3.63) is 58.6 Å². The lowest BCUT2D eigenvalue weighted by Crippen LogP contribution is -2.84. The van der Waals surface area contributed by atoms with Gasteiger partial charge in [-0.1, -0.05) is 17.7 Å². The maximum atomic E-state index is 13.4. The predicted molar refractivity (Wildman–Crippen MR) is 111 cm³/mol. The number of ether oxygens (including phenoxy) is 2. The zero-order valence-corrected chi connectivity index (χ0v) is 17.8. The fourth-order valence-electron chi connectivity index (χ4n) is 4.36. The fourth-order valence-corrected chi connectivity index (χ4v) is 4.48. The number of pyridine rings is 1. The van der Waals surface area contributed by atoms with Crippen molar-refractivity contribution < 1.29 is 23.5 Å². The summed E-state index contributed by atoms with van der Waals surface area (Å²) in [5.41, 5.74) is 1.11. The minimum atomic E-state index is -0.601. The second kappa shape index (κ2) is 8.43. The number of carbonyl (C=O) groups excluding carboxylic acids is 2. The highest BCUT2D eigenvalue weighted by molar-refractivity contribution is 6.30. The summed E-state index contributed by atoms with van der Waals surface area (Å²) in [6.07, 6.45) is 2.02. The standard InChI is InChI=1S/C22H23ClFN3O4/c1-14-3-2-4-15(25-14)8-30-9-19(28)26-21-11-22(12-21,13-21)27-20(29)10-31-16-5-6-17(23)18(24)7-16/h2-7H,8-13H2,1H3,(H,26,28)(H,27,29). The van der Waals surface area contributed by atoms with Crippen molar-refractivity contribution in [2.75, 3.05) is 13.2 Å². The summed E-state index contributed by atoms with van der Waals surface area (Å²) in [7, 11) is 0. The summed E-state index contributed by atoms with van der Waals surface area (Å²) < 4.78 is 24.2. The normalized spacial score (nSPS) is 23.3. The molecule has 3 saturated carbocycles. The third kappa shape index (κ3) is 4.97. The van der Waals surface area contributed by atoms with Gasteiger partial charge in [-0.15, -0.1) is 0 Å². The van der Waals surface area contributed by atoms with Crippen molar-refractivity contribution in [3.8, 4) is 5.75 Å². The zero-order chi connectivity index (χ0) is 22.1. The van der Waals surface area contributed by atoms with Gasteiger partial charge in [-0.05, 0) is 50.5 Å². The molecule has 3 aliphatic rings. The van der Waals surface area contributed by atoms with Crippen LogP contribution in [-0.4, -0.2) is 41.1 Å². The maximum Gasteiger partial charge on any atom is 0.258 e. The van der Waals surface area contributed by atoms with E-state index >= 15 is 0 Å². The molecule has 5 rings (SSSR count). The predicted octanol–water partition coefficient (Wildman–Crippen LogP) is 2.69. The van der Waals surface area contributed by atoms with Crippen molar-refractivity contribution in [2.45, 2.75) is 43.9 Å². The molecule has 0 spiro atoms. The van der Waals surface area contributed by atoms with Crippen molar-refractivity contribution in [1.82, 2.24) is 15.6 Å². The van der Waals surface area contributed by atoms with E-state index in [1.807, 2.05) is 25.1 Å². The molecule has 3 aliphatic carbocycles. The third-order valence-corrected chi connectivity index (χ3v) is 5.84. The van der Waals surface area contributed by atoms with E-state index in [0.29, 0.717) is 19.3 Å². The molecular weight excluding hydrogens is 425 g/mol. The maximum absolute atomic E-state index is 13.4. The summed E-state index contributed by atoms with van der Waals surface area (Å²) in [6, 6.07) is 9.66. The third-order valence-electron chi connectivity index (χ3n) is 5.53. The Bertz CT molecular complexity index is 996. The molecule has 2 amide bonds. The number of carbonyl (C=O) groups is 2. The quantitative estimate of drug-likeness (QED) is 0.617. The molecule has 9 heteroatoms. The average Bonchev–Trinajstić information content (AvgIpc) is 2.66. The van der Waals surface area contributed by atoms with Gasteiger partial charge in [0.25, 0.3) is 5.91 Å². The van der Waals surface area contributed by atoms with E-state index in [0.717, 1.165) is 17.5 Å². The van der Waals surface area contributed by atoms with Gasteiger partial charge in [-0.3, -0.25) is 14.6 Å². The molecule has 0 radical (unpaired) electrons. The lowest BCUT2D eigenvalue weighted by atomic mass is 9.44. The molecule has 7 nitrogen and oxygen atoms in total. The largest absolute Gasteiger partial charge is 0.484 e. The van der Waals surface area contributed by atoms with Gasteiger partial charge in [0.05, 0.1) is 17.3 Å². The summed E-state index contributed by atoms with van der Waals surface area (Å²) in [5, 5.41) is 5.95. The molecule has 31 heavy (non-hydrogen) atoms. The zero-order valence-electron chi connectivity index (χ0n) is 17.0. The topological polar surface area (TPSA) is 89.6 Å². The average molecular weight is 448 g/mol. The number of hydrogen-bond acceptors (Lipinski definition) is 5. The lowest BCUT2D eigenvalue weighted by molar-refractivity contribution is -0.152. The summed E-state index contributed by atoms with van der Waals surface area (Å²) in [5.74, 6) is -0.834. The van der Waals surface area contributed by atoms with E-state index in [1.165, 1.54) is 12.1 Å². The van der Waals surface area contributed by atoms with Gasteiger partial charge in [0, 0.05) is 22.8 Å².